The van der Waals surface area contributed by atoms with E-state index in [1.54, 1.807) is 0 Å². The molecular formula is C12H12BrF4NO2. The first-order valence-corrected chi connectivity index (χ1v) is 6.45. The normalized spacial score (nSPS) is 13.1. The van der Waals surface area contributed by atoms with E-state index in [2.05, 4.69) is 20.7 Å². The number of nitrogens with one attached hydrogen (secondary N) is 1. The first-order chi connectivity index (χ1) is 9.24. The SMILES string of the molecule is CCOC(=O)C(NCC(F)(F)F)c1ccc(Br)cc1F. The van der Waals surface area contributed by atoms with Gasteiger partial charge in [-0.3, -0.25) is 5.32 Å². The Balaban J connectivity index is 3.00. The van der Waals surface area contributed by atoms with Crippen LogP contribution in [0.5, 0.6) is 0 Å². The lowest BCUT2D eigenvalue weighted by Crippen LogP contribution is -2.37. The standard InChI is InChI=1S/C12H12BrF4NO2/c1-2-20-11(19)10(18-6-12(15,16)17)8-4-3-7(13)5-9(8)14/h3-5,10,18H,2,6H2,1H3. The Hall–Kier alpha value is -1.15. The molecule has 0 fully saturated rings. The third kappa shape index (κ3) is 5.09. The largest absolute Gasteiger partial charge is 0.465 e. The molecule has 1 aromatic rings. The fourth-order valence-electron chi connectivity index (χ4n) is 1.50. The molecule has 0 aliphatic carbocycles. The van der Waals surface area contributed by atoms with Crippen LogP contribution < -0.4 is 5.32 Å². The summed E-state index contributed by atoms with van der Waals surface area (Å²) in [5.41, 5.74) is -0.198. The molecule has 0 aromatic heterocycles. The van der Waals surface area contributed by atoms with E-state index in [1.807, 2.05) is 5.32 Å². The number of rotatable bonds is 5. The van der Waals surface area contributed by atoms with Gasteiger partial charge in [0.25, 0.3) is 0 Å². The van der Waals surface area contributed by atoms with Crippen molar-refractivity contribution in [3.63, 3.8) is 0 Å². The van der Waals surface area contributed by atoms with Crippen LogP contribution in [0.1, 0.15) is 18.5 Å². The number of halogens is 5. The smallest absolute Gasteiger partial charge is 0.401 e. The second-order valence-electron chi connectivity index (χ2n) is 3.85. The molecule has 0 saturated heterocycles. The molecule has 1 aromatic carbocycles. The fraction of sp³-hybridized carbons (Fsp3) is 0.417. The summed E-state index contributed by atoms with van der Waals surface area (Å²) < 4.78 is 55.5. The molecule has 1 N–H and O–H groups in total. The van der Waals surface area contributed by atoms with Gasteiger partial charge in [-0.1, -0.05) is 22.0 Å². The number of carbonyl (C=O) groups excluding carboxylic acids is 1. The molecule has 0 amide bonds. The van der Waals surface area contributed by atoms with Gasteiger partial charge in [0.2, 0.25) is 0 Å². The van der Waals surface area contributed by atoms with Crippen LogP contribution >= 0.6 is 15.9 Å². The molecule has 1 unspecified atom stereocenters. The highest BCUT2D eigenvalue weighted by Crippen LogP contribution is 2.23. The summed E-state index contributed by atoms with van der Waals surface area (Å²) in [6, 6.07) is 2.21. The van der Waals surface area contributed by atoms with E-state index in [4.69, 9.17) is 0 Å². The van der Waals surface area contributed by atoms with Crippen molar-refractivity contribution in [1.82, 2.24) is 5.32 Å². The van der Waals surface area contributed by atoms with Crippen LogP contribution in [-0.4, -0.2) is 25.3 Å². The van der Waals surface area contributed by atoms with E-state index in [0.29, 0.717) is 4.47 Å². The quantitative estimate of drug-likeness (QED) is 0.648. The Morgan fingerprint density at radius 2 is 2.10 bits per heavy atom. The van der Waals surface area contributed by atoms with E-state index < -0.39 is 30.5 Å². The van der Waals surface area contributed by atoms with Crippen LogP contribution in [0.25, 0.3) is 0 Å². The summed E-state index contributed by atoms with van der Waals surface area (Å²) in [6.45, 7) is 0.0732. The summed E-state index contributed by atoms with van der Waals surface area (Å²) >= 11 is 3.03. The molecule has 1 rings (SSSR count). The van der Waals surface area contributed by atoms with Crippen molar-refractivity contribution in [2.45, 2.75) is 19.1 Å². The molecule has 0 bridgehead atoms. The first-order valence-electron chi connectivity index (χ1n) is 5.66. The van der Waals surface area contributed by atoms with Crippen molar-refractivity contribution in [3.8, 4) is 0 Å². The average Bonchev–Trinajstić information content (AvgIpc) is 2.30. The van der Waals surface area contributed by atoms with Gasteiger partial charge < -0.3 is 4.74 Å². The number of esters is 1. The Labute approximate surface area is 121 Å². The monoisotopic (exact) mass is 357 g/mol. The van der Waals surface area contributed by atoms with E-state index >= 15 is 0 Å². The average molecular weight is 358 g/mol. The van der Waals surface area contributed by atoms with E-state index in [-0.39, 0.29) is 12.2 Å². The van der Waals surface area contributed by atoms with Crippen molar-refractivity contribution in [2.75, 3.05) is 13.2 Å². The van der Waals surface area contributed by atoms with Gasteiger partial charge in [-0.25, -0.2) is 9.18 Å². The van der Waals surface area contributed by atoms with Crippen molar-refractivity contribution < 1.29 is 27.1 Å². The summed E-state index contributed by atoms with van der Waals surface area (Å²) in [4.78, 5) is 11.7. The highest BCUT2D eigenvalue weighted by atomic mass is 79.9. The first kappa shape index (κ1) is 16.9. The third-order valence-corrected chi connectivity index (χ3v) is 2.80. The van der Waals surface area contributed by atoms with Gasteiger partial charge in [-0.2, -0.15) is 13.2 Å². The molecule has 0 aliphatic rings. The fourth-order valence-corrected chi connectivity index (χ4v) is 1.83. The van der Waals surface area contributed by atoms with Gasteiger partial charge in [0.15, 0.2) is 0 Å². The molecule has 112 valence electrons. The van der Waals surface area contributed by atoms with Crippen LogP contribution in [0.2, 0.25) is 0 Å². The minimum Gasteiger partial charge on any atom is -0.465 e. The summed E-state index contributed by atoms with van der Waals surface area (Å²) in [7, 11) is 0. The number of hydrogen-bond donors (Lipinski definition) is 1. The minimum atomic E-state index is -4.52. The summed E-state index contributed by atoms with van der Waals surface area (Å²) in [5, 5.41) is 1.97. The second-order valence-corrected chi connectivity index (χ2v) is 4.76. The van der Waals surface area contributed by atoms with E-state index in [1.165, 1.54) is 19.1 Å². The lowest BCUT2D eigenvalue weighted by atomic mass is 10.1. The van der Waals surface area contributed by atoms with Crippen LogP contribution in [0.4, 0.5) is 17.6 Å². The minimum absolute atomic E-state index is 0.0127. The predicted octanol–water partition coefficient (Wildman–Crippen LogP) is 3.34. The van der Waals surface area contributed by atoms with E-state index in [9.17, 15) is 22.4 Å². The van der Waals surface area contributed by atoms with Crippen molar-refractivity contribution in [2.24, 2.45) is 0 Å². The molecule has 0 radical (unpaired) electrons. The zero-order valence-electron chi connectivity index (χ0n) is 10.4. The van der Waals surface area contributed by atoms with Gasteiger partial charge in [-0.15, -0.1) is 0 Å². The summed E-state index contributed by atoms with van der Waals surface area (Å²) in [5.74, 6) is -1.76. The van der Waals surface area contributed by atoms with Crippen LogP contribution in [-0.2, 0) is 9.53 Å². The van der Waals surface area contributed by atoms with Crippen LogP contribution in [0, 0.1) is 5.82 Å². The molecule has 3 nitrogen and oxygen atoms in total. The van der Waals surface area contributed by atoms with Crippen molar-refractivity contribution in [1.29, 1.82) is 0 Å². The third-order valence-electron chi connectivity index (χ3n) is 2.30. The Morgan fingerprint density at radius 1 is 1.45 bits per heavy atom. The molecule has 0 saturated carbocycles. The lowest BCUT2D eigenvalue weighted by molar-refractivity contribution is -0.149. The molecule has 20 heavy (non-hydrogen) atoms. The Bertz CT molecular complexity index is 479. The van der Waals surface area contributed by atoms with Gasteiger partial charge in [-0.05, 0) is 19.1 Å². The van der Waals surface area contributed by atoms with Gasteiger partial charge in [0.05, 0.1) is 13.2 Å². The second kappa shape index (κ2) is 7.03. The number of carbonyl (C=O) groups is 1. The van der Waals surface area contributed by atoms with Crippen LogP contribution in [0.15, 0.2) is 22.7 Å². The topological polar surface area (TPSA) is 38.3 Å². The maximum atomic E-state index is 13.8. The number of benzene rings is 1. The zero-order valence-corrected chi connectivity index (χ0v) is 12.0. The molecule has 0 aliphatic heterocycles. The van der Waals surface area contributed by atoms with Gasteiger partial charge in [0, 0.05) is 10.0 Å². The maximum absolute atomic E-state index is 13.8. The molecular weight excluding hydrogens is 346 g/mol. The van der Waals surface area contributed by atoms with E-state index in [0.717, 1.165) is 6.07 Å². The molecule has 0 heterocycles. The highest BCUT2D eigenvalue weighted by molar-refractivity contribution is 9.10. The van der Waals surface area contributed by atoms with Crippen LogP contribution in [0.3, 0.4) is 0 Å². The van der Waals surface area contributed by atoms with Gasteiger partial charge >= 0.3 is 12.1 Å². The molecule has 0 spiro atoms. The number of hydrogen-bond acceptors (Lipinski definition) is 3. The predicted molar refractivity (Wildman–Crippen MR) is 67.5 cm³/mol. The maximum Gasteiger partial charge on any atom is 0.401 e. The van der Waals surface area contributed by atoms with Crippen molar-refractivity contribution >= 4 is 21.9 Å². The summed E-state index contributed by atoms with van der Waals surface area (Å²) in [6.07, 6.45) is -4.52. The number of ether oxygens (including phenoxy) is 1. The Kier molecular flexibility index (Phi) is 5.94. The van der Waals surface area contributed by atoms with Crippen molar-refractivity contribution in [3.05, 3.63) is 34.1 Å². The molecule has 8 heteroatoms. The zero-order chi connectivity index (χ0) is 15.3. The number of alkyl halides is 3. The molecule has 1 atom stereocenters. The highest BCUT2D eigenvalue weighted by Gasteiger charge is 2.32. The lowest BCUT2D eigenvalue weighted by Gasteiger charge is -2.19. The van der Waals surface area contributed by atoms with Gasteiger partial charge in [0.1, 0.15) is 11.9 Å². The Morgan fingerprint density at radius 3 is 2.60 bits per heavy atom.